The van der Waals surface area contributed by atoms with Crippen LogP contribution in [0.5, 0.6) is 0 Å². The highest BCUT2D eigenvalue weighted by Gasteiger charge is 2.23. The smallest absolute Gasteiger partial charge is 0.215 e. The zero-order valence-electron chi connectivity index (χ0n) is 10.9. The van der Waals surface area contributed by atoms with Gasteiger partial charge in [0.15, 0.2) is 0 Å². The van der Waals surface area contributed by atoms with Crippen LogP contribution in [0.25, 0.3) is 17.9 Å². The van der Waals surface area contributed by atoms with Gasteiger partial charge in [0.1, 0.15) is 0 Å². The summed E-state index contributed by atoms with van der Waals surface area (Å²) in [4.78, 5) is 4.84. The van der Waals surface area contributed by atoms with Crippen molar-refractivity contribution in [2.24, 2.45) is 7.05 Å². The molecule has 4 rings (SSSR count). The molecule has 0 amide bonds. The molecule has 0 bridgehead atoms. The number of fused-ring (bicyclic) bond motifs is 5. The van der Waals surface area contributed by atoms with Crippen molar-refractivity contribution in [2.75, 3.05) is 0 Å². The lowest BCUT2D eigenvalue weighted by Crippen LogP contribution is -2.03. The van der Waals surface area contributed by atoms with E-state index in [1.807, 2.05) is 0 Å². The lowest BCUT2D eigenvalue weighted by molar-refractivity contribution is 0.810. The Balaban J connectivity index is 2.13. The van der Waals surface area contributed by atoms with Crippen LogP contribution in [0.2, 0.25) is 0 Å². The monoisotopic (exact) mass is 239 g/mol. The van der Waals surface area contributed by atoms with Gasteiger partial charge in [-0.05, 0) is 44.8 Å². The summed E-state index contributed by atoms with van der Waals surface area (Å²) < 4.78 is 4.60. The number of nitrogens with zero attached hydrogens (tertiary/aromatic N) is 3. The first-order chi connectivity index (χ1) is 8.75. The molecule has 2 aliphatic carbocycles. The third-order valence-electron chi connectivity index (χ3n) is 4.18. The Hall–Kier alpha value is -1.77. The van der Waals surface area contributed by atoms with Crippen molar-refractivity contribution in [1.29, 1.82) is 0 Å². The maximum Gasteiger partial charge on any atom is 0.215 e. The van der Waals surface area contributed by atoms with E-state index in [1.54, 1.807) is 0 Å². The van der Waals surface area contributed by atoms with Crippen molar-refractivity contribution in [3.8, 4) is 0 Å². The van der Waals surface area contributed by atoms with Gasteiger partial charge >= 0.3 is 0 Å². The molecule has 0 spiro atoms. The van der Waals surface area contributed by atoms with Crippen LogP contribution in [0.3, 0.4) is 0 Å². The largest absolute Gasteiger partial charge is 0.316 e. The topological polar surface area (TPSA) is 22.2 Å². The fourth-order valence-electron chi connectivity index (χ4n) is 3.18. The second kappa shape index (κ2) is 3.37. The van der Waals surface area contributed by atoms with Gasteiger partial charge in [-0.25, -0.2) is 4.98 Å². The molecule has 2 aromatic rings. The van der Waals surface area contributed by atoms with E-state index in [1.165, 1.54) is 28.3 Å². The maximum absolute atomic E-state index is 4.84. The molecule has 0 atom stereocenters. The van der Waals surface area contributed by atoms with Crippen LogP contribution in [-0.2, 0) is 19.9 Å². The second-order valence-electron chi connectivity index (χ2n) is 5.40. The highest BCUT2D eigenvalue weighted by atomic mass is 15.2. The van der Waals surface area contributed by atoms with Crippen molar-refractivity contribution in [1.82, 2.24) is 14.0 Å². The molecule has 0 N–H and O–H groups in total. The van der Waals surface area contributed by atoms with Crippen LogP contribution in [0.4, 0.5) is 0 Å². The lowest BCUT2D eigenvalue weighted by atomic mass is 10.0. The van der Waals surface area contributed by atoms with Crippen molar-refractivity contribution in [3.63, 3.8) is 0 Å². The number of aryl methyl sites for hydroxylation is 2. The number of allylic oxidation sites excluding steroid dienone is 2. The Bertz CT molecular complexity index is 710. The molecule has 0 fully saturated rings. The Morgan fingerprint density at radius 1 is 1.17 bits per heavy atom. The molecule has 0 unspecified atom stereocenters. The summed E-state index contributed by atoms with van der Waals surface area (Å²) in [6, 6.07) is 0. The molecule has 0 aliphatic heterocycles. The quantitative estimate of drug-likeness (QED) is 0.693. The molecule has 0 saturated carbocycles. The van der Waals surface area contributed by atoms with Crippen LogP contribution >= 0.6 is 0 Å². The Morgan fingerprint density at radius 2 is 2.06 bits per heavy atom. The average molecular weight is 239 g/mol. The molecule has 2 aromatic heterocycles. The van der Waals surface area contributed by atoms with Crippen LogP contribution in [-0.4, -0.2) is 14.0 Å². The Morgan fingerprint density at radius 3 is 2.94 bits per heavy atom. The Labute approximate surface area is 106 Å². The number of hydrogen-bond donors (Lipinski definition) is 0. The van der Waals surface area contributed by atoms with Gasteiger partial charge in [-0.15, -0.1) is 0 Å². The van der Waals surface area contributed by atoms with Crippen molar-refractivity contribution >= 4 is 17.9 Å². The summed E-state index contributed by atoms with van der Waals surface area (Å²) in [6.45, 7) is 2.22. The summed E-state index contributed by atoms with van der Waals surface area (Å²) in [5.74, 6) is 1.10. The zero-order valence-corrected chi connectivity index (χ0v) is 10.9. The number of rotatable bonds is 0. The molecule has 2 heterocycles. The van der Waals surface area contributed by atoms with Crippen molar-refractivity contribution in [3.05, 3.63) is 34.4 Å². The van der Waals surface area contributed by atoms with Gasteiger partial charge in [0.2, 0.25) is 5.78 Å². The Kier molecular flexibility index (Phi) is 1.91. The first kappa shape index (κ1) is 10.2. The summed E-state index contributed by atoms with van der Waals surface area (Å²) in [7, 11) is 2.14. The van der Waals surface area contributed by atoms with Crippen LogP contribution in [0.1, 0.15) is 42.5 Å². The molecule has 2 aliphatic rings. The summed E-state index contributed by atoms with van der Waals surface area (Å²) in [5.41, 5.74) is 6.77. The van der Waals surface area contributed by atoms with Gasteiger partial charge in [0.25, 0.3) is 0 Å². The molecule has 0 aromatic carbocycles. The number of hydrogen-bond acceptors (Lipinski definition) is 1. The highest BCUT2D eigenvalue weighted by molar-refractivity contribution is 5.65. The van der Waals surface area contributed by atoms with E-state index < -0.39 is 0 Å². The van der Waals surface area contributed by atoms with Crippen molar-refractivity contribution < 1.29 is 0 Å². The first-order valence-electron chi connectivity index (χ1n) is 6.68. The van der Waals surface area contributed by atoms with E-state index in [4.69, 9.17) is 4.98 Å². The minimum atomic E-state index is 1.08. The molecule has 92 valence electrons. The maximum atomic E-state index is 4.84. The highest BCUT2D eigenvalue weighted by Crippen LogP contribution is 2.30. The van der Waals surface area contributed by atoms with Crippen LogP contribution in [0.15, 0.2) is 11.6 Å². The van der Waals surface area contributed by atoms with E-state index in [0.29, 0.717) is 0 Å². The molecule has 0 saturated heterocycles. The molecular weight excluding hydrogens is 222 g/mol. The first-order valence-corrected chi connectivity index (χ1v) is 6.68. The van der Waals surface area contributed by atoms with E-state index >= 15 is 0 Å². The third kappa shape index (κ3) is 1.17. The SMILES string of the molecule is CC1=Cc2c(nc3n(C)c4c(n23)C=CCC4)CC1. The normalized spacial score (nSPS) is 17.8. The van der Waals surface area contributed by atoms with Crippen LogP contribution in [0, 0.1) is 0 Å². The number of aromatic nitrogens is 3. The fraction of sp³-hybridized carbons (Fsp3) is 0.400. The number of imidazole rings is 2. The predicted octanol–water partition coefficient (Wildman–Crippen LogP) is 2.98. The van der Waals surface area contributed by atoms with E-state index in [2.05, 4.69) is 41.2 Å². The van der Waals surface area contributed by atoms with Gasteiger partial charge in [-0.1, -0.05) is 11.6 Å². The van der Waals surface area contributed by atoms with Gasteiger partial charge in [0, 0.05) is 12.7 Å². The van der Waals surface area contributed by atoms with E-state index in [-0.39, 0.29) is 0 Å². The van der Waals surface area contributed by atoms with Crippen molar-refractivity contribution in [2.45, 2.75) is 32.6 Å². The van der Waals surface area contributed by atoms with Gasteiger partial charge in [-0.3, -0.25) is 4.40 Å². The average Bonchev–Trinajstić information content (AvgIpc) is 2.87. The summed E-state index contributed by atoms with van der Waals surface area (Å²) >= 11 is 0. The van der Waals surface area contributed by atoms with Crippen LogP contribution < -0.4 is 0 Å². The predicted molar refractivity (Wildman–Crippen MR) is 73.5 cm³/mol. The summed E-state index contributed by atoms with van der Waals surface area (Å²) in [5, 5.41) is 0. The van der Waals surface area contributed by atoms with Gasteiger partial charge in [0.05, 0.1) is 17.1 Å². The summed E-state index contributed by atoms with van der Waals surface area (Å²) in [6.07, 6.45) is 11.3. The molecule has 18 heavy (non-hydrogen) atoms. The molecule has 3 heteroatoms. The van der Waals surface area contributed by atoms with Gasteiger partial charge < -0.3 is 4.57 Å². The fourth-order valence-corrected chi connectivity index (χ4v) is 3.18. The minimum Gasteiger partial charge on any atom is -0.316 e. The van der Waals surface area contributed by atoms with E-state index in [0.717, 1.165) is 31.5 Å². The second-order valence-corrected chi connectivity index (χ2v) is 5.40. The third-order valence-corrected chi connectivity index (χ3v) is 4.18. The zero-order chi connectivity index (χ0) is 12.3. The van der Waals surface area contributed by atoms with Gasteiger partial charge in [-0.2, -0.15) is 0 Å². The van der Waals surface area contributed by atoms with E-state index in [9.17, 15) is 0 Å². The standard InChI is InChI=1S/C15H17N3/c1-10-7-8-11-14(9-10)18-13-6-4-3-5-12(13)17(2)15(18)16-11/h4,6,9H,3,5,7-8H2,1-2H3. The lowest BCUT2D eigenvalue weighted by Gasteiger charge is -2.11. The molecular formula is C15H17N3. The molecule has 3 nitrogen and oxygen atoms in total. The minimum absolute atomic E-state index is 1.08. The molecule has 0 radical (unpaired) electrons.